The highest BCUT2D eigenvalue weighted by atomic mass is 16.5. The first kappa shape index (κ1) is 16.0. The Kier molecular flexibility index (Phi) is 4.18. The van der Waals surface area contributed by atoms with Gasteiger partial charge in [0.2, 0.25) is 5.91 Å². The molecule has 0 radical (unpaired) electrons. The lowest BCUT2D eigenvalue weighted by Gasteiger charge is -2.09. The number of methoxy groups -OCH3 is 1. The second kappa shape index (κ2) is 6.79. The van der Waals surface area contributed by atoms with Crippen molar-refractivity contribution in [2.45, 2.75) is 13.0 Å². The smallest absolute Gasteiger partial charge is 0.228 e. The molecule has 0 atom stereocenters. The maximum atomic E-state index is 11.5. The molecule has 4 rings (SSSR count). The minimum Gasteiger partial charge on any atom is -0.495 e. The Morgan fingerprint density at radius 1 is 1.23 bits per heavy atom. The lowest BCUT2D eigenvalue weighted by atomic mass is 10.1. The van der Waals surface area contributed by atoms with Gasteiger partial charge in [0.05, 0.1) is 19.7 Å². The Bertz CT molecular complexity index is 974. The fourth-order valence-electron chi connectivity index (χ4n) is 2.83. The van der Waals surface area contributed by atoms with Crippen LogP contribution in [0.4, 0.5) is 11.5 Å². The normalized spacial score (nSPS) is 12.4. The average Bonchev–Trinajstić information content (AvgIpc) is 3.06. The molecule has 1 aliphatic heterocycles. The van der Waals surface area contributed by atoms with Gasteiger partial charge in [-0.1, -0.05) is 12.1 Å². The molecule has 0 bridgehead atoms. The van der Waals surface area contributed by atoms with Gasteiger partial charge in [0.25, 0.3) is 0 Å². The van der Waals surface area contributed by atoms with E-state index < -0.39 is 0 Å². The number of ether oxygens (including phenoxy) is 1. The van der Waals surface area contributed by atoms with Crippen LogP contribution in [0.3, 0.4) is 0 Å². The Morgan fingerprint density at radius 3 is 3.04 bits per heavy atom. The monoisotopic (exact) mass is 347 g/mol. The van der Waals surface area contributed by atoms with Gasteiger partial charge in [0.1, 0.15) is 11.6 Å². The molecule has 2 N–H and O–H groups in total. The third kappa shape index (κ3) is 3.32. The summed E-state index contributed by atoms with van der Waals surface area (Å²) in [6.07, 6.45) is 5.48. The van der Waals surface area contributed by atoms with Crippen molar-refractivity contribution in [3.63, 3.8) is 0 Å². The summed E-state index contributed by atoms with van der Waals surface area (Å²) in [7, 11) is 1.60. The van der Waals surface area contributed by atoms with Crippen molar-refractivity contribution in [2.75, 3.05) is 17.7 Å². The number of nitrogens with one attached hydrogen (secondary N) is 2. The van der Waals surface area contributed by atoms with Crippen LogP contribution in [0.25, 0.3) is 11.4 Å². The second-order valence-electron chi connectivity index (χ2n) is 5.95. The number of carbonyl (C=O) groups excluding carboxylic acids is 1. The zero-order valence-electron chi connectivity index (χ0n) is 14.2. The minimum absolute atomic E-state index is 0.0393. The van der Waals surface area contributed by atoms with Crippen molar-refractivity contribution in [3.05, 3.63) is 60.0 Å². The van der Waals surface area contributed by atoms with Gasteiger partial charge >= 0.3 is 0 Å². The van der Waals surface area contributed by atoms with Crippen LogP contribution in [0.5, 0.6) is 5.75 Å². The largest absolute Gasteiger partial charge is 0.495 e. The summed E-state index contributed by atoms with van der Waals surface area (Å²) in [4.78, 5) is 24.4. The fraction of sp³-hybridized carbons (Fsp3) is 0.158. The van der Waals surface area contributed by atoms with Gasteiger partial charge in [-0.05, 0) is 29.3 Å². The number of amides is 1. The maximum Gasteiger partial charge on any atom is 0.228 e. The van der Waals surface area contributed by atoms with Crippen LogP contribution < -0.4 is 15.4 Å². The van der Waals surface area contributed by atoms with Gasteiger partial charge < -0.3 is 15.4 Å². The van der Waals surface area contributed by atoms with Crippen LogP contribution >= 0.6 is 0 Å². The molecule has 1 aromatic carbocycles. The Balaban J connectivity index is 1.49. The summed E-state index contributed by atoms with van der Waals surface area (Å²) in [5, 5.41) is 6.13. The zero-order chi connectivity index (χ0) is 17.9. The van der Waals surface area contributed by atoms with E-state index in [-0.39, 0.29) is 5.91 Å². The first-order valence-corrected chi connectivity index (χ1v) is 8.19. The van der Waals surface area contributed by atoms with Gasteiger partial charge in [-0.3, -0.25) is 9.78 Å². The molecule has 0 fully saturated rings. The molecule has 26 heavy (non-hydrogen) atoms. The highest BCUT2D eigenvalue weighted by Gasteiger charge is 2.17. The predicted molar refractivity (Wildman–Crippen MR) is 97.9 cm³/mol. The van der Waals surface area contributed by atoms with E-state index in [0.717, 1.165) is 22.4 Å². The molecule has 1 amide bonds. The molecule has 1 aliphatic rings. The molecule has 7 nitrogen and oxygen atoms in total. The summed E-state index contributed by atoms with van der Waals surface area (Å²) >= 11 is 0. The van der Waals surface area contributed by atoms with Crippen LogP contribution in [0.2, 0.25) is 0 Å². The molecule has 3 aromatic rings. The van der Waals surface area contributed by atoms with Crippen molar-refractivity contribution >= 4 is 17.4 Å². The molecule has 0 unspecified atom stereocenters. The number of hydrogen-bond acceptors (Lipinski definition) is 6. The van der Waals surface area contributed by atoms with Crippen LogP contribution in [-0.4, -0.2) is 28.0 Å². The van der Waals surface area contributed by atoms with E-state index in [1.165, 1.54) is 0 Å². The molecule has 0 spiro atoms. The molecule has 0 saturated carbocycles. The van der Waals surface area contributed by atoms with Gasteiger partial charge in [-0.15, -0.1) is 0 Å². The van der Waals surface area contributed by atoms with E-state index in [9.17, 15) is 4.79 Å². The van der Waals surface area contributed by atoms with E-state index in [1.807, 2.05) is 30.3 Å². The van der Waals surface area contributed by atoms with Crippen molar-refractivity contribution in [2.24, 2.45) is 0 Å². The Morgan fingerprint density at radius 2 is 2.15 bits per heavy atom. The van der Waals surface area contributed by atoms with Crippen molar-refractivity contribution in [1.29, 1.82) is 0 Å². The van der Waals surface area contributed by atoms with E-state index >= 15 is 0 Å². The number of aromatic nitrogens is 3. The molecule has 3 heterocycles. The van der Waals surface area contributed by atoms with Crippen molar-refractivity contribution < 1.29 is 9.53 Å². The molecule has 130 valence electrons. The van der Waals surface area contributed by atoms with E-state index in [4.69, 9.17) is 4.74 Å². The Hall–Kier alpha value is -3.48. The predicted octanol–water partition coefficient (Wildman–Crippen LogP) is 2.65. The van der Waals surface area contributed by atoms with Crippen LogP contribution in [0, 0.1) is 0 Å². The summed E-state index contributed by atoms with van der Waals surface area (Å²) in [6, 6.07) is 9.62. The quantitative estimate of drug-likeness (QED) is 0.738. The molecular formula is C19H17N5O2. The summed E-state index contributed by atoms with van der Waals surface area (Å²) < 4.78 is 5.19. The molecule has 0 saturated heterocycles. The first-order chi connectivity index (χ1) is 12.7. The lowest BCUT2D eigenvalue weighted by Crippen LogP contribution is -2.03. The van der Waals surface area contributed by atoms with Crippen LogP contribution in [0.15, 0.2) is 48.9 Å². The number of nitrogens with zero attached hydrogens (tertiary/aromatic N) is 3. The Labute approximate surface area is 150 Å². The second-order valence-corrected chi connectivity index (χ2v) is 5.95. The van der Waals surface area contributed by atoms with E-state index in [2.05, 4.69) is 25.6 Å². The van der Waals surface area contributed by atoms with Crippen LogP contribution in [0.1, 0.15) is 11.1 Å². The third-order valence-corrected chi connectivity index (χ3v) is 4.13. The molecule has 0 aliphatic carbocycles. The van der Waals surface area contributed by atoms with E-state index in [1.54, 1.807) is 25.7 Å². The number of carbonyl (C=O) groups is 1. The summed E-state index contributed by atoms with van der Waals surface area (Å²) in [6.45, 7) is 0.605. The molecule has 7 heteroatoms. The average molecular weight is 347 g/mol. The number of benzene rings is 1. The zero-order valence-corrected chi connectivity index (χ0v) is 14.2. The number of hydrogen-bond donors (Lipinski definition) is 2. The minimum atomic E-state index is 0.0393. The number of fused-ring (bicyclic) bond motifs is 1. The van der Waals surface area contributed by atoms with Gasteiger partial charge in [0, 0.05) is 30.2 Å². The SMILES string of the molecule is COc1cncc(-c2nccc(NCc3ccc4c(c3)CC(=O)N4)n2)c1. The van der Waals surface area contributed by atoms with Gasteiger partial charge in [-0.2, -0.15) is 0 Å². The standard InChI is InChI=1S/C19H17N5O2/c1-26-15-7-14(10-20-11-15)19-21-5-4-17(24-19)22-9-12-2-3-16-13(6-12)8-18(25)23-16/h2-7,10-11H,8-9H2,1H3,(H,23,25)(H,21,22,24). The van der Waals surface area contributed by atoms with Crippen molar-refractivity contribution in [1.82, 2.24) is 15.0 Å². The number of rotatable bonds is 5. The third-order valence-electron chi connectivity index (χ3n) is 4.13. The first-order valence-electron chi connectivity index (χ1n) is 8.19. The fourth-order valence-corrected chi connectivity index (χ4v) is 2.83. The van der Waals surface area contributed by atoms with Gasteiger partial charge in [0.15, 0.2) is 5.82 Å². The van der Waals surface area contributed by atoms with E-state index in [0.29, 0.717) is 30.4 Å². The number of anilines is 2. The number of pyridine rings is 1. The summed E-state index contributed by atoms with van der Waals surface area (Å²) in [5.41, 5.74) is 3.80. The molecular weight excluding hydrogens is 330 g/mol. The van der Waals surface area contributed by atoms with Gasteiger partial charge in [-0.25, -0.2) is 9.97 Å². The summed E-state index contributed by atoms with van der Waals surface area (Å²) in [5.74, 6) is 1.99. The van der Waals surface area contributed by atoms with Crippen LogP contribution in [-0.2, 0) is 17.8 Å². The maximum absolute atomic E-state index is 11.5. The lowest BCUT2D eigenvalue weighted by molar-refractivity contribution is -0.115. The topological polar surface area (TPSA) is 89.0 Å². The van der Waals surface area contributed by atoms with Crippen molar-refractivity contribution in [3.8, 4) is 17.1 Å². The highest BCUT2D eigenvalue weighted by Crippen LogP contribution is 2.24. The molecule has 2 aromatic heterocycles. The highest BCUT2D eigenvalue weighted by molar-refractivity contribution is 5.99.